The van der Waals surface area contributed by atoms with E-state index in [4.69, 9.17) is 16.1 Å². The number of hydrogen-bond acceptors (Lipinski definition) is 5. The first kappa shape index (κ1) is 18.1. The first-order chi connectivity index (χ1) is 13.2. The minimum absolute atomic E-state index is 0.103. The topological polar surface area (TPSA) is 59.2 Å². The minimum atomic E-state index is -0.103. The summed E-state index contributed by atoms with van der Waals surface area (Å²) >= 11 is 8.18. The van der Waals surface area contributed by atoms with Crippen molar-refractivity contribution in [1.82, 2.24) is 15.0 Å². The van der Waals surface area contributed by atoms with E-state index >= 15 is 0 Å². The quantitative estimate of drug-likeness (QED) is 0.638. The molecule has 2 aromatic heterocycles. The summed E-state index contributed by atoms with van der Waals surface area (Å²) in [7, 11) is 0. The van der Waals surface area contributed by atoms with Gasteiger partial charge in [-0.15, -0.1) is 0 Å². The highest BCUT2D eigenvalue weighted by Gasteiger charge is 2.26. The minimum Gasteiger partial charge on any atom is -0.355 e. The number of pyridine rings is 1. The molecule has 7 heteroatoms. The van der Waals surface area contributed by atoms with E-state index in [1.54, 1.807) is 18.5 Å². The van der Waals surface area contributed by atoms with E-state index in [2.05, 4.69) is 16.2 Å². The molecular formula is C20H18ClN3O2S. The fourth-order valence-electron chi connectivity index (χ4n) is 3.14. The summed E-state index contributed by atoms with van der Waals surface area (Å²) in [5.41, 5.74) is 2.27. The number of carbonyl (C=O) groups is 1. The van der Waals surface area contributed by atoms with Crippen LogP contribution in [0.2, 0.25) is 5.02 Å². The molecule has 0 N–H and O–H groups in total. The molecule has 0 aliphatic carbocycles. The number of benzene rings is 1. The molecule has 1 amide bonds. The number of carbonyl (C=O) groups excluding carboxylic acids is 1. The van der Waals surface area contributed by atoms with Crippen molar-refractivity contribution in [3.8, 4) is 11.3 Å². The van der Waals surface area contributed by atoms with Crippen molar-refractivity contribution in [1.29, 1.82) is 0 Å². The molecule has 0 radical (unpaired) electrons. The highest BCUT2D eigenvalue weighted by atomic mass is 35.5. The molecule has 5 nitrogen and oxygen atoms in total. The van der Waals surface area contributed by atoms with Crippen LogP contribution in [0.5, 0.6) is 0 Å². The van der Waals surface area contributed by atoms with Crippen molar-refractivity contribution in [3.05, 3.63) is 71.1 Å². The fraction of sp³-hybridized carbons (Fsp3) is 0.250. The summed E-state index contributed by atoms with van der Waals surface area (Å²) in [6, 6.07) is 13.3. The van der Waals surface area contributed by atoms with Gasteiger partial charge in [-0.2, -0.15) is 11.8 Å². The molecule has 1 saturated heterocycles. The van der Waals surface area contributed by atoms with Crippen LogP contribution >= 0.6 is 23.4 Å². The standard InChI is InChI=1S/C20H18ClN3O2S/c21-16-6-2-1-5-15(16)19-7-9-24(10-11-27-19)20(25)17-12-18(26-23-17)14-4-3-8-22-13-14/h1-6,8,12-13,19H,7,9-11H2. The Kier molecular flexibility index (Phi) is 5.45. The van der Waals surface area contributed by atoms with Crippen LogP contribution in [0.3, 0.4) is 0 Å². The summed E-state index contributed by atoms with van der Waals surface area (Å²) in [5.74, 6) is 1.30. The molecule has 138 valence electrons. The van der Waals surface area contributed by atoms with Crippen molar-refractivity contribution in [3.63, 3.8) is 0 Å². The Labute approximate surface area is 166 Å². The molecule has 0 saturated carbocycles. The highest BCUT2D eigenvalue weighted by molar-refractivity contribution is 7.99. The fourth-order valence-corrected chi connectivity index (χ4v) is 4.74. The number of nitrogens with zero attached hydrogens (tertiary/aromatic N) is 3. The van der Waals surface area contributed by atoms with Crippen LogP contribution in [0, 0.1) is 0 Å². The second kappa shape index (κ2) is 8.15. The van der Waals surface area contributed by atoms with Gasteiger partial charge < -0.3 is 9.42 Å². The average molecular weight is 400 g/mol. The van der Waals surface area contributed by atoms with E-state index in [0.717, 1.165) is 28.3 Å². The van der Waals surface area contributed by atoms with Gasteiger partial charge in [-0.25, -0.2) is 0 Å². The largest absolute Gasteiger partial charge is 0.355 e. The van der Waals surface area contributed by atoms with Crippen LogP contribution in [-0.2, 0) is 0 Å². The lowest BCUT2D eigenvalue weighted by molar-refractivity contribution is 0.0756. The van der Waals surface area contributed by atoms with Crippen LogP contribution < -0.4 is 0 Å². The number of halogens is 1. The first-order valence-corrected chi connectivity index (χ1v) is 10.2. The van der Waals surface area contributed by atoms with Crippen LogP contribution in [0.1, 0.15) is 27.7 Å². The van der Waals surface area contributed by atoms with Gasteiger partial charge in [0.25, 0.3) is 5.91 Å². The number of thioether (sulfide) groups is 1. The third kappa shape index (κ3) is 4.01. The molecule has 27 heavy (non-hydrogen) atoms. The van der Waals surface area contributed by atoms with Crippen LogP contribution in [0.15, 0.2) is 59.4 Å². The maximum atomic E-state index is 12.9. The summed E-state index contributed by atoms with van der Waals surface area (Å²) < 4.78 is 5.34. The molecule has 0 spiro atoms. The van der Waals surface area contributed by atoms with Crippen molar-refractivity contribution in [2.45, 2.75) is 11.7 Å². The molecule has 1 aromatic carbocycles. The molecular weight excluding hydrogens is 382 g/mol. The zero-order valence-electron chi connectivity index (χ0n) is 14.5. The average Bonchev–Trinajstić information content (AvgIpc) is 3.07. The molecule has 1 aliphatic heterocycles. The lowest BCUT2D eigenvalue weighted by Crippen LogP contribution is -2.33. The summed E-state index contributed by atoms with van der Waals surface area (Å²) in [4.78, 5) is 18.8. The van der Waals surface area contributed by atoms with Gasteiger partial charge in [-0.1, -0.05) is 35.0 Å². The molecule has 3 aromatic rings. The highest BCUT2D eigenvalue weighted by Crippen LogP contribution is 2.38. The van der Waals surface area contributed by atoms with Gasteiger partial charge >= 0.3 is 0 Å². The van der Waals surface area contributed by atoms with Crippen LogP contribution in [0.4, 0.5) is 0 Å². The zero-order valence-corrected chi connectivity index (χ0v) is 16.1. The Hall–Kier alpha value is -2.31. The second-order valence-corrected chi connectivity index (χ2v) is 8.00. The van der Waals surface area contributed by atoms with Crippen LogP contribution in [-0.4, -0.2) is 39.8 Å². The predicted octanol–water partition coefficient (Wildman–Crippen LogP) is 4.71. The van der Waals surface area contributed by atoms with Crippen molar-refractivity contribution in [2.75, 3.05) is 18.8 Å². The summed E-state index contributed by atoms with van der Waals surface area (Å²) in [6.07, 6.45) is 4.23. The molecule has 0 bridgehead atoms. The van der Waals surface area contributed by atoms with Gasteiger partial charge in [-0.05, 0) is 30.2 Å². The Morgan fingerprint density at radius 2 is 2.11 bits per heavy atom. The SMILES string of the molecule is O=C(c1cc(-c2cccnc2)on1)N1CCSC(c2ccccc2Cl)CC1. The van der Waals surface area contributed by atoms with Gasteiger partial charge in [0.1, 0.15) is 0 Å². The number of hydrogen-bond donors (Lipinski definition) is 0. The number of aromatic nitrogens is 2. The third-order valence-electron chi connectivity index (χ3n) is 4.56. The van der Waals surface area contributed by atoms with E-state index in [1.807, 2.05) is 47.0 Å². The summed E-state index contributed by atoms with van der Waals surface area (Å²) in [5, 5.41) is 5.04. The number of rotatable bonds is 3. The van der Waals surface area contributed by atoms with Gasteiger partial charge in [0, 0.05) is 53.1 Å². The maximum Gasteiger partial charge on any atom is 0.276 e. The number of amides is 1. The summed E-state index contributed by atoms with van der Waals surface area (Å²) in [6.45, 7) is 1.34. The molecule has 1 atom stereocenters. The molecule has 1 fully saturated rings. The van der Waals surface area contributed by atoms with Crippen molar-refractivity contribution < 1.29 is 9.32 Å². The third-order valence-corrected chi connectivity index (χ3v) is 6.21. The molecule has 1 aliphatic rings. The van der Waals surface area contributed by atoms with E-state index in [-0.39, 0.29) is 5.91 Å². The predicted molar refractivity (Wildman–Crippen MR) is 107 cm³/mol. The first-order valence-electron chi connectivity index (χ1n) is 8.75. The molecule has 1 unspecified atom stereocenters. The Bertz CT molecular complexity index is 932. The van der Waals surface area contributed by atoms with E-state index in [0.29, 0.717) is 29.8 Å². The maximum absolute atomic E-state index is 12.9. The van der Waals surface area contributed by atoms with Gasteiger partial charge in [0.2, 0.25) is 0 Å². The lowest BCUT2D eigenvalue weighted by Gasteiger charge is -2.19. The van der Waals surface area contributed by atoms with E-state index < -0.39 is 0 Å². The van der Waals surface area contributed by atoms with Gasteiger partial charge in [0.05, 0.1) is 0 Å². The smallest absolute Gasteiger partial charge is 0.276 e. The molecule has 3 heterocycles. The van der Waals surface area contributed by atoms with E-state index in [9.17, 15) is 4.79 Å². The normalized spacial score (nSPS) is 17.5. The molecule has 4 rings (SSSR count). The Morgan fingerprint density at radius 3 is 2.93 bits per heavy atom. The van der Waals surface area contributed by atoms with Gasteiger partial charge in [-0.3, -0.25) is 9.78 Å². The van der Waals surface area contributed by atoms with E-state index in [1.165, 1.54) is 0 Å². The lowest BCUT2D eigenvalue weighted by atomic mass is 10.1. The second-order valence-electron chi connectivity index (χ2n) is 6.28. The van der Waals surface area contributed by atoms with Gasteiger partial charge in [0.15, 0.2) is 11.5 Å². The monoisotopic (exact) mass is 399 g/mol. The van der Waals surface area contributed by atoms with Crippen molar-refractivity contribution >= 4 is 29.3 Å². The Morgan fingerprint density at radius 1 is 1.22 bits per heavy atom. The van der Waals surface area contributed by atoms with Crippen molar-refractivity contribution in [2.24, 2.45) is 0 Å². The Balaban J connectivity index is 1.46. The zero-order chi connectivity index (χ0) is 18.6. The van der Waals surface area contributed by atoms with Crippen LogP contribution in [0.25, 0.3) is 11.3 Å².